The Bertz CT molecular complexity index is 363. The zero-order valence-electron chi connectivity index (χ0n) is 10.2. The standard InChI is InChI=1S/C10H19N5O2/c1-8(16)3-5-14(2)10(17)9-7-15(6-4-11)13-12-9/h7-8,16H,3-6,11H2,1-2H3. The average Bonchev–Trinajstić information content (AvgIpc) is 2.74. The van der Waals surface area contributed by atoms with E-state index in [1.807, 2.05) is 0 Å². The topological polar surface area (TPSA) is 97.3 Å². The van der Waals surface area contributed by atoms with Crippen LogP contribution in [0.2, 0.25) is 0 Å². The molecule has 17 heavy (non-hydrogen) atoms. The summed E-state index contributed by atoms with van der Waals surface area (Å²) < 4.78 is 1.54. The zero-order valence-corrected chi connectivity index (χ0v) is 10.2. The molecule has 0 saturated carbocycles. The van der Waals surface area contributed by atoms with Gasteiger partial charge >= 0.3 is 0 Å². The molecular formula is C10H19N5O2. The molecule has 1 atom stereocenters. The van der Waals surface area contributed by atoms with Crippen molar-refractivity contribution in [2.45, 2.75) is 26.0 Å². The number of carbonyl (C=O) groups is 1. The van der Waals surface area contributed by atoms with Crippen LogP contribution >= 0.6 is 0 Å². The molecule has 1 heterocycles. The summed E-state index contributed by atoms with van der Waals surface area (Å²) in [7, 11) is 1.67. The molecule has 0 aliphatic heterocycles. The van der Waals surface area contributed by atoms with E-state index in [1.165, 1.54) is 9.58 Å². The Morgan fingerprint density at radius 1 is 1.71 bits per heavy atom. The Labute approximate surface area is 100 Å². The normalized spacial score (nSPS) is 12.5. The molecule has 1 unspecified atom stereocenters. The highest BCUT2D eigenvalue weighted by molar-refractivity contribution is 5.91. The SMILES string of the molecule is CC(O)CCN(C)C(=O)c1cn(CCN)nn1. The van der Waals surface area contributed by atoms with Crippen molar-refractivity contribution >= 4 is 5.91 Å². The van der Waals surface area contributed by atoms with Gasteiger partial charge in [-0.2, -0.15) is 0 Å². The number of nitrogens with two attached hydrogens (primary N) is 1. The maximum absolute atomic E-state index is 11.9. The lowest BCUT2D eigenvalue weighted by Crippen LogP contribution is -2.29. The zero-order chi connectivity index (χ0) is 12.8. The van der Waals surface area contributed by atoms with Gasteiger partial charge in [-0.3, -0.25) is 9.48 Å². The summed E-state index contributed by atoms with van der Waals surface area (Å²) >= 11 is 0. The van der Waals surface area contributed by atoms with Crippen molar-refractivity contribution in [2.24, 2.45) is 5.73 Å². The van der Waals surface area contributed by atoms with Gasteiger partial charge in [-0.15, -0.1) is 5.10 Å². The largest absolute Gasteiger partial charge is 0.393 e. The lowest BCUT2D eigenvalue weighted by atomic mass is 10.2. The summed E-state index contributed by atoms with van der Waals surface area (Å²) in [5, 5.41) is 16.7. The van der Waals surface area contributed by atoms with Crippen molar-refractivity contribution in [3.63, 3.8) is 0 Å². The van der Waals surface area contributed by atoms with Gasteiger partial charge in [-0.25, -0.2) is 0 Å². The smallest absolute Gasteiger partial charge is 0.275 e. The van der Waals surface area contributed by atoms with Crippen LogP contribution in [0.3, 0.4) is 0 Å². The summed E-state index contributed by atoms with van der Waals surface area (Å²) in [5.74, 6) is -0.200. The highest BCUT2D eigenvalue weighted by Gasteiger charge is 2.15. The molecule has 3 N–H and O–H groups in total. The number of carbonyl (C=O) groups excluding carboxylic acids is 1. The molecule has 1 aromatic heterocycles. The molecule has 0 fully saturated rings. The minimum atomic E-state index is -0.418. The van der Waals surface area contributed by atoms with Gasteiger partial charge in [0, 0.05) is 20.1 Å². The first kappa shape index (κ1) is 13.6. The van der Waals surface area contributed by atoms with Crippen LogP contribution in [-0.2, 0) is 6.54 Å². The maximum atomic E-state index is 11.9. The highest BCUT2D eigenvalue weighted by Crippen LogP contribution is 2.01. The predicted molar refractivity (Wildman–Crippen MR) is 62.3 cm³/mol. The first-order chi connectivity index (χ1) is 8.04. The fourth-order valence-electron chi connectivity index (χ4n) is 1.32. The monoisotopic (exact) mass is 241 g/mol. The molecule has 7 heteroatoms. The van der Waals surface area contributed by atoms with Crippen molar-refractivity contribution in [1.82, 2.24) is 19.9 Å². The second-order valence-electron chi connectivity index (χ2n) is 4.02. The second kappa shape index (κ2) is 6.31. The molecular weight excluding hydrogens is 222 g/mol. The van der Waals surface area contributed by atoms with Gasteiger partial charge in [-0.1, -0.05) is 5.21 Å². The van der Waals surface area contributed by atoms with Crippen LogP contribution in [0.5, 0.6) is 0 Å². The number of nitrogens with zero attached hydrogens (tertiary/aromatic N) is 4. The average molecular weight is 241 g/mol. The number of rotatable bonds is 6. The minimum Gasteiger partial charge on any atom is -0.393 e. The van der Waals surface area contributed by atoms with E-state index < -0.39 is 6.10 Å². The fourth-order valence-corrected chi connectivity index (χ4v) is 1.32. The van der Waals surface area contributed by atoms with Gasteiger partial charge in [0.2, 0.25) is 0 Å². The fraction of sp³-hybridized carbons (Fsp3) is 0.700. The molecule has 0 aromatic carbocycles. The van der Waals surface area contributed by atoms with E-state index in [-0.39, 0.29) is 5.91 Å². The van der Waals surface area contributed by atoms with E-state index in [0.29, 0.717) is 31.7 Å². The maximum Gasteiger partial charge on any atom is 0.275 e. The molecule has 0 bridgehead atoms. The van der Waals surface area contributed by atoms with E-state index in [1.54, 1.807) is 20.2 Å². The Hall–Kier alpha value is -1.47. The summed E-state index contributed by atoms with van der Waals surface area (Å²) in [6.07, 6.45) is 1.70. The van der Waals surface area contributed by atoms with E-state index in [0.717, 1.165) is 0 Å². The van der Waals surface area contributed by atoms with Crippen LogP contribution in [0, 0.1) is 0 Å². The van der Waals surface area contributed by atoms with Crippen molar-refractivity contribution in [3.05, 3.63) is 11.9 Å². The van der Waals surface area contributed by atoms with E-state index in [4.69, 9.17) is 10.8 Å². The van der Waals surface area contributed by atoms with Crippen molar-refractivity contribution in [3.8, 4) is 0 Å². The molecule has 7 nitrogen and oxygen atoms in total. The number of amides is 1. The second-order valence-corrected chi connectivity index (χ2v) is 4.02. The Balaban J connectivity index is 2.55. The quantitative estimate of drug-likeness (QED) is 0.671. The Kier molecular flexibility index (Phi) is 5.05. The molecule has 0 radical (unpaired) electrons. The van der Waals surface area contributed by atoms with Gasteiger partial charge in [-0.05, 0) is 13.3 Å². The van der Waals surface area contributed by atoms with Crippen molar-refractivity contribution in [1.29, 1.82) is 0 Å². The van der Waals surface area contributed by atoms with Gasteiger partial charge in [0.1, 0.15) is 0 Å². The van der Waals surface area contributed by atoms with Crippen LogP contribution in [0.15, 0.2) is 6.20 Å². The molecule has 96 valence electrons. The van der Waals surface area contributed by atoms with E-state index in [2.05, 4.69) is 10.3 Å². The predicted octanol–water partition coefficient (Wildman–Crippen LogP) is -0.920. The van der Waals surface area contributed by atoms with Gasteiger partial charge in [0.05, 0.1) is 18.8 Å². The summed E-state index contributed by atoms with van der Waals surface area (Å²) in [6.45, 7) is 3.17. The summed E-state index contributed by atoms with van der Waals surface area (Å²) in [5.41, 5.74) is 5.67. The first-order valence-corrected chi connectivity index (χ1v) is 5.58. The van der Waals surface area contributed by atoms with Crippen LogP contribution in [0.25, 0.3) is 0 Å². The van der Waals surface area contributed by atoms with Crippen LogP contribution in [0.1, 0.15) is 23.8 Å². The van der Waals surface area contributed by atoms with Crippen LogP contribution < -0.4 is 5.73 Å². The third kappa shape index (κ3) is 4.12. The molecule has 1 rings (SSSR count). The highest BCUT2D eigenvalue weighted by atomic mass is 16.3. The third-order valence-electron chi connectivity index (χ3n) is 2.34. The summed E-state index contributed by atoms with van der Waals surface area (Å²) in [4.78, 5) is 13.4. The van der Waals surface area contributed by atoms with Gasteiger partial charge in [0.15, 0.2) is 5.69 Å². The lowest BCUT2D eigenvalue weighted by Gasteiger charge is -2.16. The van der Waals surface area contributed by atoms with E-state index in [9.17, 15) is 4.79 Å². The molecule has 0 aliphatic rings. The number of hydrogen-bond acceptors (Lipinski definition) is 5. The van der Waals surface area contributed by atoms with Gasteiger partial charge in [0.25, 0.3) is 5.91 Å². The third-order valence-corrected chi connectivity index (χ3v) is 2.34. The number of aliphatic hydroxyl groups excluding tert-OH is 1. The Morgan fingerprint density at radius 3 is 3.00 bits per heavy atom. The van der Waals surface area contributed by atoms with Crippen LogP contribution in [0.4, 0.5) is 0 Å². The molecule has 1 aromatic rings. The molecule has 0 spiro atoms. The van der Waals surface area contributed by atoms with Gasteiger partial charge < -0.3 is 15.7 Å². The molecule has 0 aliphatic carbocycles. The van der Waals surface area contributed by atoms with Crippen molar-refractivity contribution in [2.75, 3.05) is 20.1 Å². The lowest BCUT2D eigenvalue weighted by molar-refractivity contribution is 0.0763. The molecule has 0 saturated heterocycles. The van der Waals surface area contributed by atoms with E-state index >= 15 is 0 Å². The summed E-state index contributed by atoms with van der Waals surface area (Å²) in [6, 6.07) is 0. The first-order valence-electron chi connectivity index (χ1n) is 5.58. The van der Waals surface area contributed by atoms with Crippen molar-refractivity contribution < 1.29 is 9.90 Å². The molecule has 1 amide bonds. The minimum absolute atomic E-state index is 0.200. The number of hydrogen-bond donors (Lipinski definition) is 2. The Morgan fingerprint density at radius 2 is 2.41 bits per heavy atom. The van der Waals surface area contributed by atoms with Crippen LogP contribution in [-0.4, -0.2) is 57.1 Å². The number of aromatic nitrogens is 3. The number of aliphatic hydroxyl groups is 1.